The van der Waals surface area contributed by atoms with Crippen LogP contribution in [-0.2, 0) is 32.6 Å². The molecular formula is C51H63N11O16. The number of pyridine rings is 4. The molecule has 1 aromatic carbocycles. The average molecular weight is 1090 g/mol. The van der Waals surface area contributed by atoms with Crippen LogP contribution in [0.2, 0.25) is 0 Å². The summed E-state index contributed by atoms with van der Waals surface area (Å²) in [6.45, 7) is -1.80. The average Bonchev–Trinajstić information content (AvgIpc) is 3.41. The number of nitrogens with one attached hydrogen (secondary N) is 4. The number of carbonyl (C=O) groups is 4. The summed E-state index contributed by atoms with van der Waals surface area (Å²) in [5.74, 6) is -6.97. The number of aromatic hydroxyl groups is 4. The molecule has 5 rings (SSSR count). The van der Waals surface area contributed by atoms with Crippen molar-refractivity contribution in [1.29, 1.82) is 5.26 Å². The highest BCUT2D eigenvalue weighted by Crippen LogP contribution is 2.17. The van der Waals surface area contributed by atoms with Crippen LogP contribution in [0.25, 0.3) is 0 Å². The van der Waals surface area contributed by atoms with Crippen LogP contribution in [0.1, 0.15) is 52.6 Å². The van der Waals surface area contributed by atoms with Crippen molar-refractivity contribution in [2.45, 2.75) is 32.6 Å². The number of aliphatic hydroxyl groups is 4. The number of aromatic nitrogens is 4. The van der Waals surface area contributed by atoms with Crippen molar-refractivity contribution in [2.75, 3.05) is 91.9 Å². The molecular weight excluding hydrogens is 1020 g/mol. The molecule has 0 aliphatic heterocycles. The minimum absolute atomic E-state index is 0.0730. The number of amides is 4. The maximum absolute atomic E-state index is 13.4. The van der Waals surface area contributed by atoms with Crippen LogP contribution in [0.5, 0.6) is 23.0 Å². The van der Waals surface area contributed by atoms with Gasteiger partial charge in [0.25, 0.3) is 45.9 Å². The van der Waals surface area contributed by atoms with Gasteiger partial charge in [0.1, 0.15) is 0 Å². The van der Waals surface area contributed by atoms with Crippen LogP contribution < -0.4 is 43.5 Å². The minimum Gasteiger partial charge on any atom is -0.502 e. The Hall–Kier alpha value is -8.65. The molecule has 0 aliphatic rings. The summed E-state index contributed by atoms with van der Waals surface area (Å²) in [6, 6.07) is 13.7. The zero-order chi connectivity index (χ0) is 56.9. The molecule has 78 heavy (non-hydrogen) atoms. The number of nitrogens with zero attached hydrogens (tertiary/aromatic N) is 7. The lowest BCUT2D eigenvalue weighted by Crippen LogP contribution is -2.46. The van der Waals surface area contributed by atoms with Crippen molar-refractivity contribution in [3.63, 3.8) is 0 Å². The molecule has 4 amide bonds. The van der Waals surface area contributed by atoms with Crippen LogP contribution in [0.15, 0.2) is 92.5 Å². The molecule has 12 N–H and O–H groups in total. The Morgan fingerprint density at radius 3 is 0.974 bits per heavy atom. The molecule has 0 bridgehead atoms. The second-order valence-corrected chi connectivity index (χ2v) is 17.7. The first-order valence-electron chi connectivity index (χ1n) is 24.7. The third-order valence-electron chi connectivity index (χ3n) is 12.4. The highest BCUT2D eigenvalue weighted by molar-refractivity contribution is 5.98. The van der Waals surface area contributed by atoms with Crippen molar-refractivity contribution in [3.8, 4) is 29.1 Å². The molecule has 4 aromatic heterocycles. The Bertz CT molecular complexity index is 2830. The van der Waals surface area contributed by atoms with E-state index in [9.17, 15) is 84.5 Å². The standard InChI is InChI=1S/C51H63N11O16/c52-30-34-3-1-33(2-4-34)29-35(31-57(17-9-53-44(71)36-5-13-59(21-25-63)48(75)40(36)67)18-10-54-45(72)37-6-14-60(22-26-64)49(76)41(37)68)32-58(19-11-55-46(73)38-7-15-61(23-27-65)50(77)42(38)69)20-12-56-47(74)39-8-16-62(24-28-66)51(78)43(39)70/h1-8,13-16,35,63-70H,9-12,17-29,31-32H2,(H,53,71)(H,54,72)(H,55,73)(H,56,74). The van der Waals surface area contributed by atoms with Crippen LogP contribution in [-0.4, -0.2) is 184 Å². The van der Waals surface area contributed by atoms with E-state index >= 15 is 0 Å². The van der Waals surface area contributed by atoms with Crippen molar-refractivity contribution in [2.24, 2.45) is 5.92 Å². The molecule has 4 heterocycles. The first-order chi connectivity index (χ1) is 37.5. The summed E-state index contributed by atoms with van der Waals surface area (Å²) in [5, 5.41) is 99.8. The van der Waals surface area contributed by atoms with Gasteiger partial charge in [-0.05, 0) is 54.3 Å². The number of nitriles is 1. The molecule has 0 saturated heterocycles. The molecule has 27 nitrogen and oxygen atoms in total. The summed E-state index contributed by atoms with van der Waals surface area (Å²) < 4.78 is 4.11. The second-order valence-electron chi connectivity index (χ2n) is 17.7. The fourth-order valence-electron chi connectivity index (χ4n) is 8.36. The summed E-state index contributed by atoms with van der Waals surface area (Å²) in [6.07, 6.45) is 5.31. The van der Waals surface area contributed by atoms with E-state index in [1.54, 1.807) is 24.3 Å². The molecule has 5 aromatic rings. The Morgan fingerprint density at radius 1 is 0.462 bits per heavy atom. The minimum atomic E-state index is -0.899. The lowest BCUT2D eigenvalue weighted by Gasteiger charge is -2.32. The third-order valence-corrected chi connectivity index (χ3v) is 12.4. The summed E-state index contributed by atoms with van der Waals surface area (Å²) >= 11 is 0. The molecule has 27 heteroatoms. The first-order valence-corrected chi connectivity index (χ1v) is 24.7. The van der Waals surface area contributed by atoms with Gasteiger partial charge < -0.3 is 80.4 Å². The quantitative estimate of drug-likeness (QED) is 0.0212. The topological polar surface area (TPSA) is 397 Å². The van der Waals surface area contributed by atoms with Gasteiger partial charge in [0, 0.05) is 116 Å². The van der Waals surface area contributed by atoms with E-state index in [4.69, 9.17) is 0 Å². The van der Waals surface area contributed by atoms with Crippen LogP contribution >= 0.6 is 0 Å². The van der Waals surface area contributed by atoms with Crippen molar-refractivity contribution >= 4 is 23.6 Å². The van der Waals surface area contributed by atoms with E-state index < -0.39 is 101 Å². The fraction of sp³-hybridized carbons (Fsp3) is 0.392. The zero-order valence-electron chi connectivity index (χ0n) is 42.4. The Labute approximate surface area is 444 Å². The number of hydrogen-bond donors (Lipinski definition) is 12. The van der Waals surface area contributed by atoms with Gasteiger partial charge in [0.2, 0.25) is 0 Å². The van der Waals surface area contributed by atoms with Gasteiger partial charge in [-0.2, -0.15) is 5.26 Å². The number of benzene rings is 1. The predicted octanol–water partition coefficient (Wildman–Crippen LogP) is -3.52. The maximum atomic E-state index is 13.4. The monoisotopic (exact) mass is 1090 g/mol. The summed E-state index contributed by atoms with van der Waals surface area (Å²) in [5.41, 5.74) is -3.75. The SMILES string of the molecule is N#Cc1ccc(CC(CN(CCNC(=O)c2ccn(CCO)c(=O)c2O)CCNC(=O)c2ccn(CCO)c(=O)c2O)CN(CCNC(=O)c2ccn(CCO)c(=O)c2O)CCNC(=O)c2ccn(CCO)c(=O)c2O)cc1. The predicted molar refractivity (Wildman–Crippen MR) is 278 cm³/mol. The molecule has 0 saturated carbocycles. The number of rotatable bonds is 30. The van der Waals surface area contributed by atoms with Crippen molar-refractivity contribution in [3.05, 3.63) is 148 Å². The molecule has 0 aliphatic carbocycles. The second kappa shape index (κ2) is 29.6. The van der Waals surface area contributed by atoms with Gasteiger partial charge in [-0.15, -0.1) is 0 Å². The van der Waals surface area contributed by atoms with E-state index in [2.05, 4.69) is 27.3 Å². The number of aliphatic hydroxyl groups excluding tert-OH is 4. The van der Waals surface area contributed by atoms with Gasteiger partial charge in [-0.1, -0.05) is 12.1 Å². The molecule has 0 unspecified atom stereocenters. The normalized spacial score (nSPS) is 11.2. The van der Waals surface area contributed by atoms with Crippen molar-refractivity contribution in [1.82, 2.24) is 49.3 Å². The zero-order valence-corrected chi connectivity index (χ0v) is 42.4. The van der Waals surface area contributed by atoms with Crippen LogP contribution in [0, 0.1) is 17.2 Å². The van der Waals surface area contributed by atoms with Crippen molar-refractivity contribution < 1.29 is 60.0 Å². The van der Waals surface area contributed by atoms with E-state index in [0.29, 0.717) is 12.0 Å². The molecule has 0 radical (unpaired) electrons. The summed E-state index contributed by atoms with van der Waals surface area (Å²) in [4.78, 5) is 108. The third kappa shape index (κ3) is 16.2. The van der Waals surface area contributed by atoms with Gasteiger partial charge in [-0.3, -0.25) is 48.2 Å². The molecule has 418 valence electrons. The lowest BCUT2D eigenvalue weighted by molar-refractivity contribution is 0.0931. The smallest absolute Gasteiger partial charge is 0.293 e. The highest BCUT2D eigenvalue weighted by atomic mass is 16.3. The number of carbonyl (C=O) groups excluding carboxylic acids is 4. The van der Waals surface area contributed by atoms with Gasteiger partial charge in [0.15, 0.2) is 23.0 Å². The Kier molecular flexibility index (Phi) is 22.8. The maximum Gasteiger partial charge on any atom is 0.293 e. The first kappa shape index (κ1) is 60.2. The Balaban J connectivity index is 1.44. The lowest BCUT2D eigenvalue weighted by atomic mass is 9.97. The molecule has 0 atom stereocenters. The van der Waals surface area contributed by atoms with E-state index in [1.165, 1.54) is 49.1 Å². The largest absolute Gasteiger partial charge is 0.502 e. The van der Waals surface area contributed by atoms with Gasteiger partial charge >= 0.3 is 0 Å². The number of hydrogen-bond acceptors (Lipinski definition) is 19. The van der Waals surface area contributed by atoms with Gasteiger partial charge in [-0.25, -0.2) is 0 Å². The van der Waals surface area contributed by atoms with E-state index in [1.807, 2.05) is 9.80 Å². The molecule has 0 spiro atoms. The van der Waals surface area contributed by atoms with E-state index in [0.717, 1.165) is 23.8 Å². The Morgan fingerprint density at radius 2 is 0.731 bits per heavy atom. The van der Waals surface area contributed by atoms with Gasteiger partial charge in [0.05, 0.1) is 60.3 Å². The summed E-state index contributed by atoms with van der Waals surface area (Å²) in [7, 11) is 0. The fourth-order valence-corrected chi connectivity index (χ4v) is 8.36. The van der Waals surface area contributed by atoms with Crippen LogP contribution in [0.3, 0.4) is 0 Å². The van der Waals surface area contributed by atoms with E-state index in [-0.39, 0.29) is 114 Å². The highest BCUT2D eigenvalue weighted by Gasteiger charge is 2.24. The van der Waals surface area contributed by atoms with Crippen LogP contribution in [0.4, 0.5) is 0 Å². The molecule has 0 fully saturated rings.